The molecule has 0 aliphatic carbocycles. The maximum atomic E-state index is 5.50. The van der Waals surface area contributed by atoms with Crippen LogP contribution >= 0.6 is 12.4 Å². The van der Waals surface area contributed by atoms with Crippen molar-refractivity contribution in [2.24, 2.45) is 0 Å². The van der Waals surface area contributed by atoms with Gasteiger partial charge in [0.2, 0.25) is 0 Å². The summed E-state index contributed by atoms with van der Waals surface area (Å²) < 4.78 is 1.82. The van der Waals surface area contributed by atoms with E-state index in [1.165, 1.54) is 5.56 Å². The molecule has 2 N–H and O–H groups in total. The van der Waals surface area contributed by atoms with Gasteiger partial charge in [-0.05, 0) is 11.6 Å². The number of anilines is 1. The van der Waals surface area contributed by atoms with Crippen LogP contribution in [0.1, 0.15) is 5.56 Å². The molecular weight excluding hydrogens is 198 g/mol. The Kier molecular flexibility index (Phi) is 3.54. The fraction of sp³-hybridized carbons (Fsp3) is 0.100. The van der Waals surface area contributed by atoms with Gasteiger partial charge >= 0.3 is 0 Å². The first-order chi connectivity index (χ1) is 6.34. The quantitative estimate of drug-likeness (QED) is 0.822. The summed E-state index contributed by atoms with van der Waals surface area (Å²) in [5, 5.41) is 4.10. The standard InChI is InChI=1S/C10H11N3.ClH/c11-10-6-7-13(12-10)8-9-4-2-1-3-5-9;/h1-7H,8H2,(H2,11,12);1H. The van der Waals surface area contributed by atoms with E-state index in [-0.39, 0.29) is 12.4 Å². The monoisotopic (exact) mass is 209 g/mol. The van der Waals surface area contributed by atoms with Gasteiger partial charge in [-0.3, -0.25) is 4.68 Å². The lowest BCUT2D eigenvalue weighted by Gasteiger charge is -2.00. The number of benzene rings is 1. The van der Waals surface area contributed by atoms with E-state index in [0.717, 1.165) is 6.54 Å². The molecule has 2 aromatic rings. The molecule has 14 heavy (non-hydrogen) atoms. The minimum atomic E-state index is 0. The van der Waals surface area contributed by atoms with Gasteiger partial charge in [0.25, 0.3) is 0 Å². The second-order valence-corrected chi connectivity index (χ2v) is 2.92. The molecule has 0 aliphatic heterocycles. The third-order valence-corrected chi connectivity index (χ3v) is 1.85. The SMILES string of the molecule is Cl.Nc1ccn(Cc2ccccc2)n1. The van der Waals surface area contributed by atoms with Gasteiger partial charge in [0.05, 0.1) is 6.54 Å². The number of aromatic nitrogens is 2. The molecule has 3 nitrogen and oxygen atoms in total. The van der Waals surface area contributed by atoms with Crippen molar-refractivity contribution >= 4 is 18.2 Å². The van der Waals surface area contributed by atoms with Crippen LogP contribution in [-0.4, -0.2) is 9.78 Å². The van der Waals surface area contributed by atoms with E-state index < -0.39 is 0 Å². The highest BCUT2D eigenvalue weighted by Gasteiger charge is 1.95. The van der Waals surface area contributed by atoms with Crippen molar-refractivity contribution in [3.8, 4) is 0 Å². The molecule has 0 spiro atoms. The Balaban J connectivity index is 0.000000980. The highest BCUT2D eigenvalue weighted by Crippen LogP contribution is 2.03. The fourth-order valence-corrected chi connectivity index (χ4v) is 1.24. The number of nitrogens with zero attached hydrogens (tertiary/aromatic N) is 2. The highest BCUT2D eigenvalue weighted by atomic mass is 35.5. The molecule has 0 saturated heterocycles. The second-order valence-electron chi connectivity index (χ2n) is 2.92. The van der Waals surface area contributed by atoms with Gasteiger partial charge in [0, 0.05) is 6.20 Å². The summed E-state index contributed by atoms with van der Waals surface area (Å²) in [6, 6.07) is 12.0. The molecule has 0 saturated carbocycles. The first kappa shape index (κ1) is 10.6. The van der Waals surface area contributed by atoms with Crippen LogP contribution < -0.4 is 5.73 Å². The summed E-state index contributed by atoms with van der Waals surface area (Å²) in [5.74, 6) is 0.566. The average Bonchev–Trinajstić information content (AvgIpc) is 2.53. The minimum Gasteiger partial charge on any atom is -0.382 e. The smallest absolute Gasteiger partial charge is 0.145 e. The zero-order valence-corrected chi connectivity index (χ0v) is 8.45. The molecule has 2 rings (SSSR count). The van der Waals surface area contributed by atoms with Gasteiger partial charge in [-0.15, -0.1) is 12.4 Å². The van der Waals surface area contributed by atoms with Crippen LogP contribution in [-0.2, 0) is 6.54 Å². The molecule has 0 atom stereocenters. The highest BCUT2D eigenvalue weighted by molar-refractivity contribution is 5.85. The molecule has 1 aromatic carbocycles. The van der Waals surface area contributed by atoms with Gasteiger partial charge in [0.15, 0.2) is 0 Å². The zero-order valence-electron chi connectivity index (χ0n) is 7.63. The molecule has 0 radical (unpaired) electrons. The van der Waals surface area contributed by atoms with Crippen LogP contribution in [0, 0.1) is 0 Å². The molecule has 0 aliphatic rings. The Bertz CT molecular complexity index is 383. The third kappa shape index (κ3) is 2.50. The third-order valence-electron chi connectivity index (χ3n) is 1.85. The summed E-state index contributed by atoms with van der Waals surface area (Å²) in [7, 11) is 0. The lowest BCUT2D eigenvalue weighted by molar-refractivity contribution is 0.690. The Hall–Kier alpha value is -1.48. The number of halogens is 1. The van der Waals surface area contributed by atoms with Crippen molar-refractivity contribution in [1.82, 2.24) is 9.78 Å². The molecular formula is C10H12ClN3. The van der Waals surface area contributed by atoms with E-state index in [2.05, 4.69) is 17.2 Å². The van der Waals surface area contributed by atoms with Gasteiger partial charge in [-0.1, -0.05) is 30.3 Å². The van der Waals surface area contributed by atoms with Crippen molar-refractivity contribution in [1.29, 1.82) is 0 Å². The van der Waals surface area contributed by atoms with Crippen molar-refractivity contribution in [2.45, 2.75) is 6.54 Å². The molecule has 0 bridgehead atoms. The van der Waals surface area contributed by atoms with Crippen LogP contribution in [0.15, 0.2) is 42.6 Å². The summed E-state index contributed by atoms with van der Waals surface area (Å²) in [4.78, 5) is 0. The second kappa shape index (κ2) is 4.67. The number of nitrogens with two attached hydrogens (primary N) is 1. The summed E-state index contributed by atoms with van der Waals surface area (Å²) >= 11 is 0. The van der Waals surface area contributed by atoms with Gasteiger partial charge in [-0.25, -0.2) is 0 Å². The van der Waals surface area contributed by atoms with E-state index in [4.69, 9.17) is 5.73 Å². The Morgan fingerprint density at radius 2 is 1.86 bits per heavy atom. The normalized spacial score (nSPS) is 9.43. The van der Waals surface area contributed by atoms with Crippen LogP contribution in [0.3, 0.4) is 0 Å². The summed E-state index contributed by atoms with van der Waals surface area (Å²) in [6.07, 6.45) is 1.88. The van der Waals surface area contributed by atoms with Crippen LogP contribution in [0.4, 0.5) is 5.82 Å². The molecule has 74 valence electrons. The molecule has 4 heteroatoms. The van der Waals surface area contributed by atoms with Crippen molar-refractivity contribution in [3.63, 3.8) is 0 Å². The Morgan fingerprint density at radius 1 is 1.14 bits per heavy atom. The van der Waals surface area contributed by atoms with E-state index in [0.29, 0.717) is 5.82 Å². The Morgan fingerprint density at radius 3 is 2.43 bits per heavy atom. The van der Waals surface area contributed by atoms with E-state index in [1.54, 1.807) is 6.07 Å². The van der Waals surface area contributed by atoms with Crippen LogP contribution in [0.2, 0.25) is 0 Å². The van der Waals surface area contributed by atoms with Crippen molar-refractivity contribution < 1.29 is 0 Å². The number of rotatable bonds is 2. The van der Waals surface area contributed by atoms with Gasteiger partial charge in [0.1, 0.15) is 5.82 Å². The number of hydrogen-bond acceptors (Lipinski definition) is 2. The van der Waals surface area contributed by atoms with Crippen molar-refractivity contribution in [2.75, 3.05) is 5.73 Å². The maximum absolute atomic E-state index is 5.50. The average molecular weight is 210 g/mol. The molecule has 0 fully saturated rings. The zero-order chi connectivity index (χ0) is 9.10. The van der Waals surface area contributed by atoms with Crippen LogP contribution in [0.5, 0.6) is 0 Å². The van der Waals surface area contributed by atoms with Crippen molar-refractivity contribution in [3.05, 3.63) is 48.2 Å². The first-order valence-electron chi connectivity index (χ1n) is 4.17. The first-order valence-corrected chi connectivity index (χ1v) is 4.17. The van der Waals surface area contributed by atoms with E-state index in [1.807, 2.05) is 29.1 Å². The lowest BCUT2D eigenvalue weighted by atomic mass is 10.2. The van der Waals surface area contributed by atoms with Crippen LogP contribution in [0.25, 0.3) is 0 Å². The maximum Gasteiger partial charge on any atom is 0.145 e. The Labute approximate surface area is 89.0 Å². The van der Waals surface area contributed by atoms with Gasteiger partial charge < -0.3 is 5.73 Å². The largest absolute Gasteiger partial charge is 0.382 e. The predicted octanol–water partition coefficient (Wildman–Crippen LogP) is 1.94. The van der Waals surface area contributed by atoms with Gasteiger partial charge in [-0.2, -0.15) is 5.10 Å². The molecule has 1 heterocycles. The minimum absolute atomic E-state index is 0. The number of hydrogen-bond donors (Lipinski definition) is 1. The summed E-state index contributed by atoms with van der Waals surface area (Å²) in [6.45, 7) is 0.776. The molecule has 1 aromatic heterocycles. The number of nitrogen functional groups attached to an aromatic ring is 1. The van der Waals surface area contributed by atoms with E-state index >= 15 is 0 Å². The fourth-order valence-electron chi connectivity index (χ4n) is 1.24. The molecule has 0 amide bonds. The lowest BCUT2D eigenvalue weighted by Crippen LogP contribution is -2.00. The molecule has 0 unspecified atom stereocenters. The predicted molar refractivity (Wildman–Crippen MR) is 59.4 cm³/mol. The summed E-state index contributed by atoms with van der Waals surface area (Å²) in [5.41, 5.74) is 6.73. The van der Waals surface area contributed by atoms with E-state index in [9.17, 15) is 0 Å². The topological polar surface area (TPSA) is 43.8 Å².